The summed E-state index contributed by atoms with van der Waals surface area (Å²) < 4.78 is 5.24. The normalized spacial score (nSPS) is 22.4. The van der Waals surface area contributed by atoms with E-state index < -0.39 is 0 Å². The van der Waals surface area contributed by atoms with Crippen LogP contribution < -0.4 is 4.90 Å². The van der Waals surface area contributed by atoms with Crippen molar-refractivity contribution >= 4 is 5.69 Å². The number of benzene rings is 1. The van der Waals surface area contributed by atoms with Crippen molar-refractivity contribution in [3.8, 4) is 0 Å². The van der Waals surface area contributed by atoms with Gasteiger partial charge in [-0.2, -0.15) is 0 Å². The molecular formula is C15H23NO. The van der Waals surface area contributed by atoms with Crippen molar-refractivity contribution in [1.82, 2.24) is 0 Å². The molecule has 94 valence electrons. The number of anilines is 1. The molecule has 0 spiro atoms. The molecule has 1 aromatic carbocycles. The molecule has 2 nitrogen and oxygen atoms in total. The van der Waals surface area contributed by atoms with Gasteiger partial charge in [0.2, 0.25) is 0 Å². The molecule has 1 aliphatic rings. The molecule has 1 atom stereocenters. The third-order valence-corrected chi connectivity index (χ3v) is 3.81. The van der Waals surface area contributed by atoms with Crippen molar-refractivity contribution in [3.63, 3.8) is 0 Å². The third kappa shape index (κ3) is 2.32. The standard InChI is InChI=1S/C15H23NO/c1-12-11-15(2,3)16(9-10-17-4)14-8-6-5-7-13(12)14/h5-8,12H,9-11H2,1-4H3. The molecule has 0 aliphatic carbocycles. The molecule has 0 aromatic heterocycles. The largest absolute Gasteiger partial charge is 0.383 e. The summed E-state index contributed by atoms with van der Waals surface area (Å²) in [7, 11) is 1.77. The monoisotopic (exact) mass is 233 g/mol. The lowest BCUT2D eigenvalue weighted by molar-refractivity contribution is 0.196. The predicted molar refractivity (Wildman–Crippen MR) is 72.8 cm³/mol. The minimum absolute atomic E-state index is 0.215. The SMILES string of the molecule is COCCN1c2ccccc2C(C)CC1(C)C. The van der Waals surface area contributed by atoms with Gasteiger partial charge >= 0.3 is 0 Å². The number of fused-ring (bicyclic) bond motifs is 1. The molecule has 2 heteroatoms. The van der Waals surface area contributed by atoms with Crippen LogP contribution in [0.15, 0.2) is 24.3 Å². The average molecular weight is 233 g/mol. The van der Waals surface area contributed by atoms with Gasteiger partial charge in [-0.15, -0.1) is 0 Å². The second-order valence-electron chi connectivity index (χ2n) is 5.62. The Morgan fingerprint density at radius 3 is 2.76 bits per heavy atom. The topological polar surface area (TPSA) is 12.5 Å². The van der Waals surface area contributed by atoms with Gasteiger partial charge in [0.15, 0.2) is 0 Å². The molecule has 0 radical (unpaired) electrons. The van der Waals surface area contributed by atoms with Gasteiger partial charge < -0.3 is 9.64 Å². The van der Waals surface area contributed by atoms with Crippen LogP contribution in [0.5, 0.6) is 0 Å². The van der Waals surface area contributed by atoms with Gasteiger partial charge in [0, 0.05) is 24.9 Å². The Morgan fingerprint density at radius 2 is 2.06 bits per heavy atom. The Kier molecular flexibility index (Phi) is 3.43. The summed E-state index contributed by atoms with van der Waals surface area (Å²) in [5.74, 6) is 0.639. The fourth-order valence-corrected chi connectivity index (χ4v) is 3.05. The second-order valence-corrected chi connectivity index (χ2v) is 5.62. The van der Waals surface area contributed by atoms with E-state index in [-0.39, 0.29) is 5.54 Å². The molecule has 0 fully saturated rings. The Bertz CT molecular complexity index is 386. The molecule has 0 bridgehead atoms. The van der Waals surface area contributed by atoms with E-state index in [0.29, 0.717) is 5.92 Å². The van der Waals surface area contributed by atoms with Crippen LogP contribution in [0.2, 0.25) is 0 Å². The Balaban J connectivity index is 2.37. The van der Waals surface area contributed by atoms with Crippen LogP contribution in [0.1, 0.15) is 38.7 Å². The molecular weight excluding hydrogens is 210 g/mol. The number of hydrogen-bond donors (Lipinski definition) is 0. The molecule has 0 amide bonds. The number of methoxy groups -OCH3 is 1. The summed E-state index contributed by atoms with van der Waals surface area (Å²) in [6.07, 6.45) is 1.20. The van der Waals surface area contributed by atoms with Crippen molar-refractivity contribution in [2.24, 2.45) is 0 Å². The van der Waals surface area contributed by atoms with E-state index in [2.05, 4.69) is 49.9 Å². The van der Waals surface area contributed by atoms with Gasteiger partial charge in [-0.05, 0) is 37.8 Å². The lowest BCUT2D eigenvalue weighted by atomic mass is 9.80. The summed E-state index contributed by atoms with van der Waals surface area (Å²) in [5, 5.41) is 0. The molecule has 2 rings (SSSR count). The lowest BCUT2D eigenvalue weighted by Gasteiger charge is -2.47. The zero-order valence-electron chi connectivity index (χ0n) is 11.4. The smallest absolute Gasteiger partial charge is 0.0638 e. The van der Waals surface area contributed by atoms with E-state index in [4.69, 9.17) is 4.74 Å². The fourth-order valence-electron chi connectivity index (χ4n) is 3.05. The van der Waals surface area contributed by atoms with Crippen LogP contribution in [0, 0.1) is 0 Å². The van der Waals surface area contributed by atoms with E-state index in [1.165, 1.54) is 17.7 Å². The Labute approximate surface area is 105 Å². The maximum Gasteiger partial charge on any atom is 0.0638 e. The van der Waals surface area contributed by atoms with Crippen LogP contribution in [-0.2, 0) is 4.74 Å². The molecule has 1 aliphatic heterocycles. The first-order valence-electron chi connectivity index (χ1n) is 6.42. The highest BCUT2D eigenvalue weighted by molar-refractivity contribution is 5.59. The number of ether oxygens (including phenoxy) is 1. The van der Waals surface area contributed by atoms with Crippen molar-refractivity contribution in [2.45, 2.75) is 38.6 Å². The van der Waals surface area contributed by atoms with Gasteiger partial charge in [0.25, 0.3) is 0 Å². The molecule has 17 heavy (non-hydrogen) atoms. The average Bonchev–Trinajstić information content (AvgIpc) is 2.28. The molecule has 0 saturated heterocycles. The van der Waals surface area contributed by atoms with Crippen molar-refractivity contribution in [2.75, 3.05) is 25.2 Å². The van der Waals surface area contributed by atoms with Crippen molar-refractivity contribution in [3.05, 3.63) is 29.8 Å². The summed E-state index contributed by atoms with van der Waals surface area (Å²) in [5.41, 5.74) is 3.07. The number of rotatable bonds is 3. The first-order valence-corrected chi connectivity index (χ1v) is 6.42. The van der Waals surface area contributed by atoms with Gasteiger partial charge in [0.1, 0.15) is 0 Å². The van der Waals surface area contributed by atoms with Gasteiger partial charge in [-0.1, -0.05) is 25.1 Å². The molecule has 0 N–H and O–H groups in total. The first-order chi connectivity index (χ1) is 8.06. The zero-order chi connectivity index (χ0) is 12.5. The summed E-state index contributed by atoms with van der Waals surface area (Å²) in [6, 6.07) is 8.77. The predicted octanol–water partition coefficient (Wildman–Crippen LogP) is 3.43. The maximum atomic E-state index is 5.24. The van der Waals surface area contributed by atoms with Crippen molar-refractivity contribution < 1.29 is 4.74 Å². The molecule has 0 saturated carbocycles. The van der Waals surface area contributed by atoms with E-state index >= 15 is 0 Å². The van der Waals surface area contributed by atoms with E-state index in [0.717, 1.165) is 13.2 Å². The number of para-hydroxylation sites is 1. The Hall–Kier alpha value is -1.02. The summed E-state index contributed by atoms with van der Waals surface area (Å²) in [6.45, 7) is 8.73. The maximum absolute atomic E-state index is 5.24. The van der Waals surface area contributed by atoms with Crippen LogP contribution in [0.25, 0.3) is 0 Å². The van der Waals surface area contributed by atoms with Gasteiger partial charge in [0.05, 0.1) is 6.61 Å². The van der Waals surface area contributed by atoms with Crippen LogP contribution in [0.3, 0.4) is 0 Å². The fraction of sp³-hybridized carbons (Fsp3) is 0.600. The summed E-state index contributed by atoms with van der Waals surface area (Å²) >= 11 is 0. The first kappa shape index (κ1) is 12.4. The highest BCUT2D eigenvalue weighted by atomic mass is 16.5. The quantitative estimate of drug-likeness (QED) is 0.793. The molecule has 1 unspecified atom stereocenters. The Morgan fingerprint density at radius 1 is 1.35 bits per heavy atom. The number of nitrogens with zero attached hydrogens (tertiary/aromatic N) is 1. The lowest BCUT2D eigenvalue weighted by Crippen LogP contribution is -2.49. The molecule has 1 aromatic rings. The van der Waals surface area contributed by atoms with Crippen LogP contribution in [0.4, 0.5) is 5.69 Å². The second kappa shape index (κ2) is 4.69. The third-order valence-electron chi connectivity index (χ3n) is 3.81. The van der Waals surface area contributed by atoms with Crippen LogP contribution in [-0.4, -0.2) is 25.8 Å². The minimum Gasteiger partial charge on any atom is -0.383 e. The highest BCUT2D eigenvalue weighted by Gasteiger charge is 2.35. The highest BCUT2D eigenvalue weighted by Crippen LogP contribution is 2.42. The summed E-state index contributed by atoms with van der Waals surface area (Å²) in [4.78, 5) is 2.49. The van der Waals surface area contributed by atoms with E-state index in [1.807, 2.05) is 0 Å². The minimum atomic E-state index is 0.215. The molecule has 1 heterocycles. The van der Waals surface area contributed by atoms with Crippen molar-refractivity contribution in [1.29, 1.82) is 0 Å². The van der Waals surface area contributed by atoms with Crippen LogP contribution >= 0.6 is 0 Å². The van der Waals surface area contributed by atoms with E-state index in [9.17, 15) is 0 Å². The van der Waals surface area contributed by atoms with Gasteiger partial charge in [-0.25, -0.2) is 0 Å². The zero-order valence-corrected chi connectivity index (χ0v) is 11.4. The number of hydrogen-bond acceptors (Lipinski definition) is 2. The van der Waals surface area contributed by atoms with E-state index in [1.54, 1.807) is 7.11 Å². The van der Waals surface area contributed by atoms with Gasteiger partial charge in [-0.3, -0.25) is 0 Å².